The maximum Gasteiger partial charge on any atom is 0.0182 e. The normalized spacial score (nSPS) is 26.1. The van der Waals surface area contributed by atoms with Gasteiger partial charge in [-0.25, -0.2) is 0 Å². The van der Waals surface area contributed by atoms with Gasteiger partial charge in [-0.2, -0.15) is 0 Å². The number of rotatable bonds is 3. The van der Waals surface area contributed by atoms with Gasteiger partial charge in [0.05, 0.1) is 0 Å². The molecule has 0 spiro atoms. The first-order valence-electron chi connectivity index (χ1n) is 6.90. The van der Waals surface area contributed by atoms with Gasteiger partial charge in [0, 0.05) is 11.1 Å². The number of allylic oxidation sites excluding steroid dienone is 4. The van der Waals surface area contributed by atoms with E-state index in [9.17, 15) is 0 Å². The minimum atomic E-state index is 0.133. The maximum absolute atomic E-state index is 6.46. The molecular formula is C16H29N. The molecule has 1 nitrogen and oxygen atoms in total. The Morgan fingerprint density at radius 2 is 1.59 bits per heavy atom. The van der Waals surface area contributed by atoms with Crippen LogP contribution in [0.25, 0.3) is 0 Å². The fraction of sp³-hybridized carbons (Fsp3) is 0.750. The van der Waals surface area contributed by atoms with Crippen LogP contribution in [0.4, 0.5) is 0 Å². The van der Waals surface area contributed by atoms with Crippen LogP contribution in [0.3, 0.4) is 0 Å². The Morgan fingerprint density at radius 1 is 1.06 bits per heavy atom. The molecule has 0 fully saturated rings. The molecule has 17 heavy (non-hydrogen) atoms. The highest BCUT2D eigenvalue weighted by Gasteiger charge is 2.37. The summed E-state index contributed by atoms with van der Waals surface area (Å²) in [4.78, 5) is 0. The van der Waals surface area contributed by atoms with E-state index >= 15 is 0 Å². The smallest absolute Gasteiger partial charge is 0.0182 e. The van der Waals surface area contributed by atoms with E-state index in [0.717, 1.165) is 12.1 Å². The first kappa shape index (κ1) is 14.3. The molecule has 1 heteroatoms. The first-order valence-corrected chi connectivity index (χ1v) is 6.90. The Labute approximate surface area is 107 Å². The quantitative estimate of drug-likeness (QED) is 0.765. The van der Waals surface area contributed by atoms with Crippen molar-refractivity contribution >= 4 is 0 Å². The first-order chi connectivity index (χ1) is 7.70. The van der Waals surface area contributed by atoms with E-state index in [2.05, 4.69) is 54.5 Å². The van der Waals surface area contributed by atoms with Crippen molar-refractivity contribution in [2.75, 3.05) is 0 Å². The van der Waals surface area contributed by atoms with E-state index in [4.69, 9.17) is 5.73 Å². The van der Waals surface area contributed by atoms with Crippen LogP contribution >= 0.6 is 0 Å². The molecule has 0 aromatic carbocycles. The molecule has 0 aromatic rings. The number of hydrogen-bond donors (Lipinski definition) is 1. The molecule has 1 rings (SSSR count). The van der Waals surface area contributed by atoms with Gasteiger partial charge in [-0.1, -0.05) is 60.1 Å². The minimum absolute atomic E-state index is 0.133. The molecule has 0 aromatic heterocycles. The third-order valence-electron chi connectivity index (χ3n) is 4.48. The van der Waals surface area contributed by atoms with Crippen LogP contribution in [0.2, 0.25) is 0 Å². The van der Waals surface area contributed by atoms with Gasteiger partial charge in [0.2, 0.25) is 0 Å². The van der Waals surface area contributed by atoms with Gasteiger partial charge < -0.3 is 5.73 Å². The third kappa shape index (κ3) is 2.59. The molecule has 1 atom stereocenters. The van der Waals surface area contributed by atoms with Gasteiger partial charge in [0.1, 0.15) is 0 Å². The zero-order chi connectivity index (χ0) is 13.4. The Balaban J connectivity index is 3.29. The molecule has 0 radical (unpaired) electrons. The summed E-state index contributed by atoms with van der Waals surface area (Å²) in [5.74, 6) is 1.72. The van der Waals surface area contributed by atoms with Crippen molar-refractivity contribution in [3.63, 3.8) is 0 Å². The van der Waals surface area contributed by atoms with Crippen LogP contribution in [0.15, 0.2) is 22.9 Å². The number of nitrogens with two attached hydrogens (primary N) is 1. The Morgan fingerprint density at radius 3 is 1.94 bits per heavy atom. The zero-order valence-electron chi connectivity index (χ0n) is 12.6. The molecule has 0 saturated heterocycles. The van der Waals surface area contributed by atoms with Crippen LogP contribution in [0.5, 0.6) is 0 Å². The second kappa shape index (κ2) is 4.88. The predicted octanol–water partition coefficient (Wildman–Crippen LogP) is 4.50. The highest BCUT2D eigenvalue weighted by Crippen LogP contribution is 2.46. The Bertz CT molecular complexity index is 345. The lowest BCUT2D eigenvalue weighted by Gasteiger charge is -2.41. The SMILES string of the molecule is CC(C)C1=CC(C(C)C)=C(N)C(C)(C(C)C)C1. The Hall–Kier alpha value is -0.720. The average molecular weight is 235 g/mol. The summed E-state index contributed by atoms with van der Waals surface area (Å²) in [6.07, 6.45) is 3.47. The summed E-state index contributed by atoms with van der Waals surface area (Å²) < 4.78 is 0. The molecule has 0 aliphatic heterocycles. The summed E-state index contributed by atoms with van der Waals surface area (Å²) in [6, 6.07) is 0. The summed E-state index contributed by atoms with van der Waals surface area (Å²) in [5, 5.41) is 0. The molecule has 2 N–H and O–H groups in total. The van der Waals surface area contributed by atoms with Gasteiger partial charge in [-0.15, -0.1) is 0 Å². The van der Waals surface area contributed by atoms with Crippen molar-refractivity contribution in [3.05, 3.63) is 22.9 Å². The second-order valence-electron chi connectivity index (χ2n) is 6.65. The van der Waals surface area contributed by atoms with Crippen LogP contribution in [0.1, 0.15) is 54.9 Å². The monoisotopic (exact) mass is 235 g/mol. The van der Waals surface area contributed by atoms with E-state index in [1.807, 2.05) is 0 Å². The maximum atomic E-state index is 6.46. The Kier molecular flexibility index (Phi) is 4.11. The highest BCUT2D eigenvalue weighted by molar-refractivity contribution is 5.39. The standard InChI is InChI=1S/C16H29N/c1-10(2)13-8-14(11(3)4)15(17)16(7,9-13)12(5)6/h8,10-12H,9,17H2,1-7H3. The number of hydrogen-bond acceptors (Lipinski definition) is 1. The molecular weight excluding hydrogens is 206 g/mol. The van der Waals surface area contributed by atoms with Crippen LogP contribution in [-0.2, 0) is 0 Å². The van der Waals surface area contributed by atoms with Crippen molar-refractivity contribution in [2.45, 2.75) is 54.9 Å². The van der Waals surface area contributed by atoms with Gasteiger partial charge in [-0.3, -0.25) is 0 Å². The predicted molar refractivity (Wildman–Crippen MR) is 76.5 cm³/mol. The summed E-state index contributed by atoms with van der Waals surface area (Å²) in [7, 11) is 0. The van der Waals surface area contributed by atoms with Crippen molar-refractivity contribution in [1.29, 1.82) is 0 Å². The minimum Gasteiger partial charge on any atom is -0.401 e. The molecule has 0 saturated carbocycles. The van der Waals surface area contributed by atoms with Crippen molar-refractivity contribution in [2.24, 2.45) is 28.9 Å². The lowest BCUT2D eigenvalue weighted by atomic mass is 9.65. The summed E-state index contributed by atoms with van der Waals surface area (Å²) >= 11 is 0. The van der Waals surface area contributed by atoms with Crippen LogP contribution in [0, 0.1) is 23.2 Å². The largest absolute Gasteiger partial charge is 0.401 e. The molecule has 0 amide bonds. The van der Waals surface area contributed by atoms with E-state index in [-0.39, 0.29) is 5.41 Å². The second-order valence-corrected chi connectivity index (χ2v) is 6.65. The molecule has 1 aliphatic carbocycles. The van der Waals surface area contributed by atoms with Crippen LogP contribution in [-0.4, -0.2) is 0 Å². The summed E-state index contributed by atoms with van der Waals surface area (Å²) in [5.41, 5.74) is 10.6. The fourth-order valence-corrected chi connectivity index (χ4v) is 2.54. The zero-order valence-corrected chi connectivity index (χ0v) is 12.6. The molecule has 98 valence electrons. The van der Waals surface area contributed by atoms with Gasteiger partial charge in [-0.05, 0) is 29.7 Å². The molecule has 1 aliphatic rings. The molecule has 0 heterocycles. The van der Waals surface area contributed by atoms with E-state index in [0.29, 0.717) is 17.8 Å². The topological polar surface area (TPSA) is 26.0 Å². The third-order valence-corrected chi connectivity index (χ3v) is 4.48. The van der Waals surface area contributed by atoms with Gasteiger partial charge >= 0.3 is 0 Å². The van der Waals surface area contributed by atoms with Crippen molar-refractivity contribution in [1.82, 2.24) is 0 Å². The lowest BCUT2D eigenvalue weighted by molar-refractivity contribution is 0.255. The summed E-state index contributed by atoms with van der Waals surface area (Å²) in [6.45, 7) is 15.9. The average Bonchev–Trinajstić information content (AvgIpc) is 2.20. The van der Waals surface area contributed by atoms with Crippen LogP contribution < -0.4 is 5.73 Å². The molecule has 0 bridgehead atoms. The van der Waals surface area contributed by atoms with Gasteiger partial charge in [0.15, 0.2) is 0 Å². The fourth-order valence-electron chi connectivity index (χ4n) is 2.54. The van der Waals surface area contributed by atoms with E-state index < -0.39 is 0 Å². The van der Waals surface area contributed by atoms with E-state index in [1.54, 1.807) is 5.57 Å². The van der Waals surface area contributed by atoms with Crippen molar-refractivity contribution in [3.8, 4) is 0 Å². The van der Waals surface area contributed by atoms with E-state index in [1.165, 1.54) is 5.57 Å². The lowest BCUT2D eigenvalue weighted by Crippen LogP contribution is -2.35. The van der Waals surface area contributed by atoms with Crippen molar-refractivity contribution < 1.29 is 0 Å². The highest BCUT2D eigenvalue weighted by atomic mass is 14.7. The van der Waals surface area contributed by atoms with Gasteiger partial charge in [0.25, 0.3) is 0 Å². The molecule has 1 unspecified atom stereocenters.